The lowest BCUT2D eigenvalue weighted by Crippen LogP contribution is -2.31. The maximum atomic E-state index is 6.40. The summed E-state index contributed by atoms with van der Waals surface area (Å²) in [4.78, 5) is 2.26. The Hall–Kier alpha value is -0.800. The number of nitrogens with two attached hydrogens (primary N) is 1. The van der Waals surface area contributed by atoms with Gasteiger partial charge in [0.15, 0.2) is 0 Å². The first-order valence-corrected chi connectivity index (χ1v) is 7.82. The molecule has 2 N–H and O–H groups in total. The van der Waals surface area contributed by atoms with Crippen molar-refractivity contribution in [3.63, 3.8) is 0 Å². The van der Waals surface area contributed by atoms with E-state index in [0.717, 1.165) is 19.4 Å². The second-order valence-corrected chi connectivity index (χ2v) is 7.65. The van der Waals surface area contributed by atoms with Gasteiger partial charge in [0.2, 0.25) is 0 Å². The van der Waals surface area contributed by atoms with E-state index in [9.17, 15) is 0 Å². The standard InChI is InChI=1S/C17H31N3/c1-12(7-8-19(5)6)20-13(2)9-14-15(18)10-17(3,4)11-16(14)20/h9,12,15H,7-8,10-11,18H2,1-6H3. The van der Waals surface area contributed by atoms with Gasteiger partial charge in [-0.15, -0.1) is 0 Å². The summed E-state index contributed by atoms with van der Waals surface area (Å²) in [6.07, 6.45) is 3.43. The highest BCUT2D eigenvalue weighted by molar-refractivity contribution is 5.34. The highest BCUT2D eigenvalue weighted by atomic mass is 15.1. The Balaban J connectivity index is 2.31. The number of hydrogen-bond acceptors (Lipinski definition) is 2. The molecule has 0 fully saturated rings. The van der Waals surface area contributed by atoms with Gasteiger partial charge >= 0.3 is 0 Å². The normalized spacial score (nSPS) is 22.9. The third kappa shape index (κ3) is 3.09. The number of fused-ring (bicyclic) bond motifs is 1. The van der Waals surface area contributed by atoms with Crippen molar-refractivity contribution >= 4 is 0 Å². The fourth-order valence-electron chi connectivity index (χ4n) is 3.66. The summed E-state index contributed by atoms with van der Waals surface area (Å²) in [5.74, 6) is 0. The molecule has 0 amide bonds. The van der Waals surface area contributed by atoms with E-state index in [1.54, 1.807) is 0 Å². The lowest BCUT2D eigenvalue weighted by molar-refractivity contribution is 0.268. The molecular weight excluding hydrogens is 246 g/mol. The van der Waals surface area contributed by atoms with Crippen LogP contribution in [0.3, 0.4) is 0 Å². The van der Waals surface area contributed by atoms with Gasteiger partial charge in [0.05, 0.1) is 0 Å². The molecule has 0 aromatic carbocycles. The monoisotopic (exact) mass is 277 g/mol. The predicted octanol–water partition coefficient (Wildman–Crippen LogP) is 3.28. The smallest absolute Gasteiger partial charge is 0.0319 e. The van der Waals surface area contributed by atoms with Gasteiger partial charge in [-0.2, -0.15) is 0 Å². The summed E-state index contributed by atoms with van der Waals surface area (Å²) in [6.45, 7) is 10.4. The van der Waals surface area contributed by atoms with Crippen molar-refractivity contribution in [2.75, 3.05) is 20.6 Å². The topological polar surface area (TPSA) is 34.2 Å². The number of hydrogen-bond donors (Lipinski definition) is 1. The fraction of sp³-hybridized carbons (Fsp3) is 0.765. The van der Waals surface area contributed by atoms with Crippen LogP contribution in [0.2, 0.25) is 0 Å². The second-order valence-electron chi connectivity index (χ2n) is 7.65. The molecule has 1 aliphatic carbocycles. The van der Waals surface area contributed by atoms with Crippen LogP contribution < -0.4 is 5.73 Å². The summed E-state index contributed by atoms with van der Waals surface area (Å²) >= 11 is 0. The van der Waals surface area contributed by atoms with Crippen molar-refractivity contribution in [2.45, 2.75) is 59.0 Å². The van der Waals surface area contributed by atoms with Gasteiger partial charge < -0.3 is 15.2 Å². The zero-order valence-electron chi connectivity index (χ0n) is 14.0. The zero-order valence-corrected chi connectivity index (χ0v) is 14.0. The summed E-state index contributed by atoms with van der Waals surface area (Å²) in [5, 5.41) is 0. The van der Waals surface area contributed by atoms with Gasteiger partial charge in [0.1, 0.15) is 0 Å². The molecule has 2 atom stereocenters. The fourth-order valence-corrected chi connectivity index (χ4v) is 3.66. The Morgan fingerprint density at radius 2 is 2.10 bits per heavy atom. The molecule has 3 heteroatoms. The van der Waals surface area contributed by atoms with E-state index >= 15 is 0 Å². The van der Waals surface area contributed by atoms with Crippen LogP contribution in [0, 0.1) is 12.3 Å². The Morgan fingerprint density at radius 3 is 2.70 bits per heavy atom. The van der Waals surface area contributed by atoms with Gasteiger partial charge in [-0.25, -0.2) is 0 Å². The number of aryl methyl sites for hydroxylation is 1. The van der Waals surface area contributed by atoms with E-state index in [0.29, 0.717) is 11.5 Å². The van der Waals surface area contributed by atoms with Gasteiger partial charge in [-0.1, -0.05) is 13.8 Å². The Bertz CT molecular complexity index is 471. The summed E-state index contributed by atoms with van der Waals surface area (Å²) in [6, 6.07) is 3.07. The van der Waals surface area contributed by atoms with Crippen molar-refractivity contribution < 1.29 is 0 Å². The molecule has 2 rings (SSSR count). The highest BCUT2D eigenvalue weighted by Crippen LogP contribution is 2.42. The van der Waals surface area contributed by atoms with Gasteiger partial charge in [-0.05, 0) is 70.8 Å². The predicted molar refractivity (Wildman–Crippen MR) is 86.1 cm³/mol. The number of aromatic nitrogens is 1. The van der Waals surface area contributed by atoms with Crippen LogP contribution in [0.5, 0.6) is 0 Å². The van der Waals surface area contributed by atoms with Crippen LogP contribution in [-0.2, 0) is 6.42 Å². The first kappa shape index (κ1) is 15.6. The minimum Gasteiger partial charge on any atom is -0.346 e. The van der Waals surface area contributed by atoms with Crippen LogP contribution in [0.4, 0.5) is 0 Å². The number of rotatable bonds is 4. The van der Waals surface area contributed by atoms with Crippen molar-refractivity contribution in [2.24, 2.45) is 11.1 Å². The van der Waals surface area contributed by atoms with Crippen LogP contribution in [-0.4, -0.2) is 30.1 Å². The molecule has 1 heterocycles. The Morgan fingerprint density at radius 1 is 1.45 bits per heavy atom. The molecule has 0 spiro atoms. The van der Waals surface area contributed by atoms with Crippen molar-refractivity contribution in [3.8, 4) is 0 Å². The molecule has 3 nitrogen and oxygen atoms in total. The van der Waals surface area contributed by atoms with E-state index < -0.39 is 0 Å². The molecule has 0 bridgehead atoms. The first-order valence-electron chi connectivity index (χ1n) is 7.82. The Labute approximate surface area is 124 Å². The maximum absolute atomic E-state index is 6.40. The van der Waals surface area contributed by atoms with E-state index in [4.69, 9.17) is 5.73 Å². The van der Waals surface area contributed by atoms with Gasteiger partial charge in [0.25, 0.3) is 0 Å². The van der Waals surface area contributed by atoms with Gasteiger partial charge in [0, 0.05) is 23.5 Å². The van der Waals surface area contributed by atoms with Gasteiger partial charge in [-0.3, -0.25) is 0 Å². The van der Waals surface area contributed by atoms with Crippen LogP contribution in [0.1, 0.15) is 62.6 Å². The van der Waals surface area contributed by atoms with Crippen LogP contribution >= 0.6 is 0 Å². The van der Waals surface area contributed by atoms with E-state index in [1.165, 1.54) is 23.4 Å². The minimum absolute atomic E-state index is 0.203. The molecule has 114 valence electrons. The third-order valence-electron chi connectivity index (χ3n) is 4.62. The van der Waals surface area contributed by atoms with E-state index in [-0.39, 0.29) is 6.04 Å². The average molecular weight is 277 g/mol. The van der Waals surface area contributed by atoms with Crippen molar-refractivity contribution in [1.82, 2.24) is 9.47 Å². The molecule has 1 aliphatic rings. The lowest BCUT2D eigenvalue weighted by Gasteiger charge is -2.35. The molecule has 0 radical (unpaired) electrons. The highest BCUT2D eigenvalue weighted by Gasteiger charge is 2.33. The molecule has 0 saturated carbocycles. The van der Waals surface area contributed by atoms with Crippen molar-refractivity contribution in [3.05, 3.63) is 23.0 Å². The zero-order chi connectivity index (χ0) is 15.1. The van der Waals surface area contributed by atoms with Crippen LogP contribution in [0.25, 0.3) is 0 Å². The van der Waals surface area contributed by atoms with Crippen LogP contribution in [0.15, 0.2) is 6.07 Å². The van der Waals surface area contributed by atoms with E-state index in [2.05, 4.69) is 57.3 Å². The molecule has 2 unspecified atom stereocenters. The quantitative estimate of drug-likeness (QED) is 0.916. The summed E-state index contributed by atoms with van der Waals surface area (Å²) in [5.41, 5.74) is 11.0. The SMILES string of the molecule is Cc1cc2c(n1C(C)CCN(C)C)CC(C)(C)CC2N. The average Bonchev–Trinajstić information content (AvgIpc) is 2.61. The molecule has 0 aliphatic heterocycles. The maximum Gasteiger partial charge on any atom is 0.0319 e. The Kier molecular flexibility index (Phi) is 4.31. The molecule has 20 heavy (non-hydrogen) atoms. The summed E-state index contributed by atoms with van der Waals surface area (Å²) < 4.78 is 2.54. The second kappa shape index (κ2) is 5.53. The first-order chi connectivity index (χ1) is 9.21. The van der Waals surface area contributed by atoms with E-state index in [1.807, 2.05) is 0 Å². The minimum atomic E-state index is 0.203. The lowest BCUT2D eigenvalue weighted by atomic mass is 9.74. The molecule has 0 saturated heterocycles. The number of nitrogens with zero attached hydrogens (tertiary/aromatic N) is 2. The molecule has 1 aromatic heterocycles. The van der Waals surface area contributed by atoms with Crippen molar-refractivity contribution in [1.29, 1.82) is 0 Å². The molecular formula is C17H31N3. The largest absolute Gasteiger partial charge is 0.346 e. The summed E-state index contributed by atoms with van der Waals surface area (Å²) in [7, 11) is 4.29. The third-order valence-corrected chi connectivity index (χ3v) is 4.62. The molecule has 1 aromatic rings.